The van der Waals surface area contributed by atoms with Gasteiger partial charge in [-0.1, -0.05) is 24.3 Å². The summed E-state index contributed by atoms with van der Waals surface area (Å²) in [6, 6.07) is 13.7. The van der Waals surface area contributed by atoms with Gasteiger partial charge in [-0.3, -0.25) is 4.79 Å². The highest BCUT2D eigenvalue weighted by molar-refractivity contribution is 7.09. The van der Waals surface area contributed by atoms with Crippen molar-refractivity contribution in [1.29, 1.82) is 0 Å². The van der Waals surface area contributed by atoms with Crippen molar-refractivity contribution in [2.24, 2.45) is 5.92 Å². The molecule has 6 nitrogen and oxygen atoms in total. The minimum absolute atomic E-state index is 0.102. The van der Waals surface area contributed by atoms with Gasteiger partial charge in [0.15, 0.2) is 0 Å². The minimum Gasteiger partial charge on any atom is -0.496 e. The average molecular weight is 441 g/mol. The number of anilines is 1. The van der Waals surface area contributed by atoms with E-state index in [9.17, 15) is 9.18 Å². The first-order valence-electron chi connectivity index (χ1n) is 10.4. The van der Waals surface area contributed by atoms with Crippen molar-refractivity contribution in [2.75, 3.05) is 31.6 Å². The molecular formula is C23H25FN4O2S. The minimum atomic E-state index is -0.238. The zero-order valence-corrected chi connectivity index (χ0v) is 18.2. The maximum absolute atomic E-state index is 13.1. The lowest BCUT2D eigenvalue weighted by Crippen LogP contribution is -2.38. The molecule has 1 fully saturated rings. The van der Waals surface area contributed by atoms with Gasteiger partial charge in [-0.05, 0) is 48.6 Å². The SMILES string of the molecule is COc1ccccc1C(=O)NCC1CCN(c2nc(Cc3ccc(F)cc3)ns2)CC1. The molecule has 0 atom stereocenters. The van der Waals surface area contributed by atoms with Crippen LogP contribution in [0, 0.1) is 11.7 Å². The molecule has 31 heavy (non-hydrogen) atoms. The maximum atomic E-state index is 13.1. The van der Waals surface area contributed by atoms with E-state index < -0.39 is 0 Å². The third kappa shape index (κ3) is 5.38. The Kier molecular flexibility index (Phi) is 6.76. The molecule has 2 aromatic carbocycles. The van der Waals surface area contributed by atoms with Gasteiger partial charge in [0.1, 0.15) is 17.4 Å². The molecule has 2 heterocycles. The number of ether oxygens (including phenoxy) is 1. The number of benzene rings is 2. The summed E-state index contributed by atoms with van der Waals surface area (Å²) in [5, 5.41) is 3.97. The molecule has 0 unspecified atom stereocenters. The summed E-state index contributed by atoms with van der Waals surface area (Å²) in [7, 11) is 1.57. The fourth-order valence-electron chi connectivity index (χ4n) is 3.72. The van der Waals surface area contributed by atoms with Gasteiger partial charge in [0.2, 0.25) is 5.13 Å². The Bertz CT molecular complexity index is 1020. The molecule has 0 bridgehead atoms. The molecule has 1 aromatic heterocycles. The number of piperidine rings is 1. The van der Waals surface area contributed by atoms with Gasteiger partial charge in [-0.25, -0.2) is 9.37 Å². The lowest BCUT2D eigenvalue weighted by molar-refractivity contribution is 0.0942. The summed E-state index contributed by atoms with van der Waals surface area (Å²) in [6.45, 7) is 2.43. The van der Waals surface area contributed by atoms with Gasteiger partial charge in [-0.15, -0.1) is 0 Å². The molecule has 1 amide bonds. The van der Waals surface area contributed by atoms with Crippen molar-refractivity contribution < 1.29 is 13.9 Å². The topological polar surface area (TPSA) is 67.3 Å². The van der Waals surface area contributed by atoms with Crippen molar-refractivity contribution in [1.82, 2.24) is 14.7 Å². The van der Waals surface area contributed by atoms with E-state index in [1.165, 1.54) is 23.7 Å². The third-order valence-electron chi connectivity index (χ3n) is 5.52. The van der Waals surface area contributed by atoms with Crippen molar-refractivity contribution in [3.05, 3.63) is 71.3 Å². The Morgan fingerprint density at radius 3 is 2.68 bits per heavy atom. The standard InChI is InChI=1S/C23H25FN4O2S/c1-30-20-5-3-2-4-19(20)22(29)25-15-17-10-12-28(13-11-17)23-26-21(27-31-23)14-16-6-8-18(24)9-7-16/h2-9,17H,10-15H2,1H3,(H,25,29). The number of nitrogens with one attached hydrogen (secondary N) is 1. The van der Waals surface area contributed by atoms with E-state index in [0.717, 1.165) is 42.5 Å². The second kappa shape index (κ2) is 9.87. The number of amides is 1. The lowest BCUT2D eigenvalue weighted by Gasteiger charge is -2.31. The van der Waals surface area contributed by atoms with Gasteiger partial charge in [0, 0.05) is 37.6 Å². The Balaban J connectivity index is 1.26. The highest BCUT2D eigenvalue weighted by Gasteiger charge is 2.23. The summed E-state index contributed by atoms with van der Waals surface area (Å²) in [5.74, 6) is 1.44. The van der Waals surface area contributed by atoms with Gasteiger partial charge in [-0.2, -0.15) is 4.37 Å². The van der Waals surface area contributed by atoms with Crippen molar-refractivity contribution in [3.8, 4) is 5.75 Å². The van der Waals surface area contributed by atoms with Crippen LogP contribution < -0.4 is 15.0 Å². The molecule has 0 radical (unpaired) electrons. The smallest absolute Gasteiger partial charge is 0.255 e. The Morgan fingerprint density at radius 1 is 1.19 bits per heavy atom. The number of para-hydroxylation sites is 1. The number of hydrogen-bond acceptors (Lipinski definition) is 6. The van der Waals surface area contributed by atoms with E-state index >= 15 is 0 Å². The second-order valence-corrected chi connectivity index (χ2v) is 8.37. The van der Waals surface area contributed by atoms with E-state index in [1.54, 1.807) is 31.4 Å². The van der Waals surface area contributed by atoms with E-state index in [4.69, 9.17) is 4.74 Å². The van der Waals surface area contributed by atoms with Crippen LogP contribution in [0.4, 0.5) is 9.52 Å². The maximum Gasteiger partial charge on any atom is 0.255 e. The number of hydrogen-bond donors (Lipinski definition) is 1. The number of rotatable bonds is 7. The highest BCUT2D eigenvalue weighted by atomic mass is 32.1. The Morgan fingerprint density at radius 2 is 1.94 bits per heavy atom. The molecule has 0 saturated carbocycles. The van der Waals surface area contributed by atoms with Crippen molar-refractivity contribution in [3.63, 3.8) is 0 Å². The normalized spacial score (nSPS) is 14.5. The van der Waals surface area contributed by atoms with Gasteiger partial charge in [0.05, 0.1) is 12.7 Å². The Labute approximate surface area is 185 Å². The zero-order chi connectivity index (χ0) is 21.6. The summed E-state index contributed by atoms with van der Waals surface area (Å²) < 4.78 is 22.8. The van der Waals surface area contributed by atoms with Gasteiger partial charge >= 0.3 is 0 Å². The van der Waals surface area contributed by atoms with Crippen LogP contribution in [0.15, 0.2) is 48.5 Å². The first-order valence-corrected chi connectivity index (χ1v) is 11.1. The van der Waals surface area contributed by atoms with Gasteiger partial charge < -0.3 is 15.0 Å². The molecular weight excluding hydrogens is 415 g/mol. The number of carbonyl (C=O) groups excluding carboxylic acids is 1. The molecule has 1 saturated heterocycles. The molecule has 8 heteroatoms. The van der Waals surface area contributed by atoms with Crippen LogP contribution in [0.2, 0.25) is 0 Å². The zero-order valence-electron chi connectivity index (χ0n) is 17.4. The van der Waals surface area contributed by atoms with Crippen LogP contribution in [-0.4, -0.2) is 42.0 Å². The van der Waals surface area contributed by atoms with E-state index in [1.807, 2.05) is 12.1 Å². The van der Waals surface area contributed by atoms with Crippen LogP contribution in [0.5, 0.6) is 5.75 Å². The van der Waals surface area contributed by atoms with Crippen LogP contribution in [0.3, 0.4) is 0 Å². The summed E-state index contributed by atoms with van der Waals surface area (Å²) in [5.41, 5.74) is 1.56. The van der Waals surface area contributed by atoms with E-state index in [-0.39, 0.29) is 11.7 Å². The predicted molar refractivity (Wildman–Crippen MR) is 119 cm³/mol. The number of halogens is 1. The number of carbonyl (C=O) groups is 1. The third-order valence-corrected chi connectivity index (χ3v) is 6.34. The van der Waals surface area contributed by atoms with Crippen LogP contribution in [-0.2, 0) is 6.42 Å². The van der Waals surface area contributed by atoms with Crippen molar-refractivity contribution >= 4 is 22.6 Å². The van der Waals surface area contributed by atoms with Crippen LogP contribution >= 0.6 is 11.5 Å². The highest BCUT2D eigenvalue weighted by Crippen LogP contribution is 2.25. The molecule has 1 aliphatic rings. The first-order chi connectivity index (χ1) is 15.1. The fourth-order valence-corrected chi connectivity index (χ4v) is 4.46. The summed E-state index contributed by atoms with van der Waals surface area (Å²) in [6.07, 6.45) is 2.57. The average Bonchev–Trinajstić information content (AvgIpc) is 3.27. The quantitative estimate of drug-likeness (QED) is 0.603. The fraction of sp³-hybridized carbons (Fsp3) is 0.348. The number of nitrogens with zero attached hydrogens (tertiary/aromatic N) is 3. The van der Waals surface area contributed by atoms with Crippen LogP contribution in [0.25, 0.3) is 0 Å². The van der Waals surface area contributed by atoms with Crippen LogP contribution in [0.1, 0.15) is 34.6 Å². The lowest BCUT2D eigenvalue weighted by atomic mass is 9.97. The van der Waals surface area contributed by atoms with Crippen molar-refractivity contribution in [2.45, 2.75) is 19.3 Å². The summed E-state index contributed by atoms with van der Waals surface area (Å²) >= 11 is 1.41. The molecule has 0 spiro atoms. The molecule has 0 aliphatic carbocycles. The predicted octanol–water partition coefficient (Wildman–Crippen LogP) is 3.92. The largest absolute Gasteiger partial charge is 0.496 e. The monoisotopic (exact) mass is 440 g/mol. The number of methoxy groups -OCH3 is 1. The molecule has 3 aromatic rings. The number of aromatic nitrogens is 2. The first kappa shape index (κ1) is 21.2. The molecule has 1 aliphatic heterocycles. The summed E-state index contributed by atoms with van der Waals surface area (Å²) in [4.78, 5) is 19.4. The van der Waals surface area contributed by atoms with Gasteiger partial charge in [0.25, 0.3) is 5.91 Å². The van der Waals surface area contributed by atoms with E-state index in [2.05, 4.69) is 19.6 Å². The molecule has 1 N–H and O–H groups in total. The van der Waals surface area contributed by atoms with E-state index in [0.29, 0.717) is 30.2 Å². The second-order valence-electron chi connectivity index (χ2n) is 7.64. The molecule has 4 rings (SSSR count). The molecule has 162 valence electrons. The Hall–Kier alpha value is -3.00.